The lowest BCUT2D eigenvalue weighted by atomic mass is 10.0. The first-order valence-corrected chi connectivity index (χ1v) is 31.2. The molecule has 2 N–H and O–H groups in total. The van der Waals surface area contributed by atoms with Crippen LogP contribution < -0.4 is 10.2 Å². The third kappa shape index (κ3) is 56.7. The minimum Gasteiger partial charge on any atom is -0.756 e. The third-order valence-corrected chi connectivity index (χ3v) is 13.7. The van der Waals surface area contributed by atoms with Crippen molar-refractivity contribution in [3.05, 3.63) is 109 Å². The minimum absolute atomic E-state index is 0.0164. The third-order valence-electron chi connectivity index (χ3n) is 12.7. The highest BCUT2D eigenvalue weighted by Crippen LogP contribution is 2.38. The molecule has 0 aromatic heterocycles. The Morgan fingerprint density at radius 1 is 0.493 bits per heavy atom. The quantitative estimate of drug-likeness (QED) is 0.0272. The van der Waals surface area contributed by atoms with Crippen LogP contribution in [0.15, 0.2) is 109 Å². The zero-order chi connectivity index (χ0) is 53.5. The van der Waals surface area contributed by atoms with E-state index >= 15 is 0 Å². The molecule has 73 heavy (non-hydrogen) atoms. The number of phosphoric acid groups is 1. The molecule has 0 radical (unpaired) electrons. The number of unbranched alkanes of at least 4 members (excludes halogenated alkanes) is 24. The van der Waals surface area contributed by atoms with Gasteiger partial charge in [0, 0.05) is 6.42 Å². The summed E-state index contributed by atoms with van der Waals surface area (Å²) in [7, 11) is 1.22. The number of carbonyl (C=O) groups is 1. The van der Waals surface area contributed by atoms with E-state index in [-0.39, 0.29) is 12.5 Å². The predicted molar refractivity (Wildman–Crippen MR) is 316 cm³/mol. The van der Waals surface area contributed by atoms with Crippen LogP contribution >= 0.6 is 7.82 Å². The van der Waals surface area contributed by atoms with Crippen LogP contribution in [0.3, 0.4) is 0 Å². The largest absolute Gasteiger partial charge is 0.756 e. The lowest BCUT2D eigenvalue weighted by Gasteiger charge is -2.29. The molecular weight excluding hydrogens is 924 g/mol. The fourth-order valence-electron chi connectivity index (χ4n) is 8.07. The van der Waals surface area contributed by atoms with Gasteiger partial charge in [-0.3, -0.25) is 9.36 Å². The number of aliphatic hydroxyl groups is 1. The standard InChI is InChI=1S/C64H113N2O6P/c1-6-8-10-12-14-16-18-20-22-24-26-28-30-32-33-34-36-38-40-42-44-46-48-50-52-54-56-58-64(68)65-62(61-72-73(69,70)71-60-59-66(3,4)5)63(67)57-55-53-51-49-47-45-43-41-39-37-35-31-29-27-25-23-21-19-17-15-13-11-9-7-2/h8,10,14,16,20,22,26,28,32-33,36,38-39,41,47,49,55,57,62-63,67H,6-7,9,11-13,15,17-19,21,23-25,27,29-31,34-35,37,40,42-46,48,50-54,56,58-61H2,1-5H3,(H-,65,68,69,70)/b10-8-,16-14-,22-20-,28-26-,33-32-,38-36-,41-39+,49-47+,57-55+. The van der Waals surface area contributed by atoms with Crippen LogP contribution in [0.5, 0.6) is 0 Å². The number of hydrogen-bond acceptors (Lipinski definition) is 6. The molecule has 1 amide bonds. The molecule has 0 saturated carbocycles. The summed E-state index contributed by atoms with van der Waals surface area (Å²) >= 11 is 0. The maximum absolute atomic E-state index is 13.0. The van der Waals surface area contributed by atoms with Gasteiger partial charge < -0.3 is 28.8 Å². The van der Waals surface area contributed by atoms with Crippen molar-refractivity contribution in [2.24, 2.45) is 0 Å². The maximum Gasteiger partial charge on any atom is 0.268 e. The van der Waals surface area contributed by atoms with E-state index in [1.807, 2.05) is 27.2 Å². The molecule has 3 atom stereocenters. The molecule has 0 saturated heterocycles. The monoisotopic (exact) mass is 1040 g/mol. The summed E-state index contributed by atoms with van der Waals surface area (Å²) in [6, 6.07) is -0.923. The smallest absolute Gasteiger partial charge is 0.268 e. The number of carbonyl (C=O) groups excluding carboxylic acids is 1. The Labute approximate surface area is 451 Å². The molecule has 8 nitrogen and oxygen atoms in total. The van der Waals surface area contributed by atoms with Gasteiger partial charge in [0.05, 0.1) is 39.9 Å². The summed E-state index contributed by atoms with van der Waals surface area (Å²) in [6.07, 6.45) is 78.8. The normalized spacial score (nSPS) is 14.7. The highest BCUT2D eigenvalue weighted by molar-refractivity contribution is 7.45. The summed E-state index contributed by atoms with van der Waals surface area (Å²) < 4.78 is 23.3. The molecule has 0 aliphatic carbocycles. The number of allylic oxidation sites excluding steroid dienone is 17. The van der Waals surface area contributed by atoms with Crippen LogP contribution in [0, 0.1) is 0 Å². The first-order valence-electron chi connectivity index (χ1n) is 29.7. The molecule has 0 bridgehead atoms. The Kier molecular flexibility index (Phi) is 51.9. The van der Waals surface area contributed by atoms with E-state index in [1.165, 1.54) is 122 Å². The average Bonchev–Trinajstić information content (AvgIpc) is 3.35. The van der Waals surface area contributed by atoms with Gasteiger partial charge >= 0.3 is 0 Å². The van der Waals surface area contributed by atoms with Crippen molar-refractivity contribution in [3.8, 4) is 0 Å². The van der Waals surface area contributed by atoms with E-state index in [9.17, 15) is 19.4 Å². The number of aliphatic hydroxyl groups excluding tert-OH is 1. The van der Waals surface area contributed by atoms with Gasteiger partial charge in [0.2, 0.25) is 5.91 Å². The van der Waals surface area contributed by atoms with Crippen molar-refractivity contribution in [1.82, 2.24) is 5.32 Å². The lowest BCUT2D eigenvalue weighted by Crippen LogP contribution is -2.45. The average molecular weight is 1040 g/mol. The topological polar surface area (TPSA) is 108 Å². The summed E-state index contributed by atoms with van der Waals surface area (Å²) in [5.74, 6) is -0.223. The minimum atomic E-state index is -4.62. The van der Waals surface area contributed by atoms with Crippen LogP contribution in [0.1, 0.15) is 239 Å². The van der Waals surface area contributed by atoms with E-state index in [0.717, 1.165) is 96.3 Å². The maximum atomic E-state index is 13.0. The fourth-order valence-corrected chi connectivity index (χ4v) is 8.79. The van der Waals surface area contributed by atoms with Crippen LogP contribution in [0.4, 0.5) is 0 Å². The second-order valence-corrected chi connectivity index (χ2v) is 22.4. The second-order valence-electron chi connectivity index (χ2n) is 20.9. The zero-order valence-electron chi connectivity index (χ0n) is 47.8. The van der Waals surface area contributed by atoms with Gasteiger partial charge in [-0.05, 0) is 96.3 Å². The molecule has 9 heteroatoms. The van der Waals surface area contributed by atoms with Gasteiger partial charge in [0.25, 0.3) is 7.82 Å². The molecule has 420 valence electrons. The molecule has 0 aromatic carbocycles. The number of likely N-dealkylation sites (N-methyl/N-ethyl adjacent to an activating group) is 1. The predicted octanol–water partition coefficient (Wildman–Crippen LogP) is 17.7. The summed E-state index contributed by atoms with van der Waals surface area (Å²) in [5.41, 5.74) is 0. The number of nitrogens with zero attached hydrogens (tertiary/aromatic N) is 1. The van der Waals surface area contributed by atoms with Crippen LogP contribution in [-0.4, -0.2) is 68.5 Å². The highest BCUT2D eigenvalue weighted by atomic mass is 31.2. The van der Waals surface area contributed by atoms with Crippen LogP contribution in [0.2, 0.25) is 0 Å². The van der Waals surface area contributed by atoms with E-state index < -0.39 is 26.6 Å². The van der Waals surface area contributed by atoms with Gasteiger partial charge in [0.15, 0.2) is 0 Å². The molecule has 0 heterocycles. The molecule has 0 aliphatic rings. The van der Waals surface area contributed by atoms with Gasteiger partial charge in [0.1, 0.15) is 13.2 Å². The van der Waals surface area contributed by atoms with E-state index in [0.29, 0.717) is 17.4 Å². The lowest BCUT2D eigenvalue weighted by molar-refractivity contribution is -0.870. The van der Waals surface area contributed by atoms with E-state index in [4.69, 9.17) is 9.05 Å². The fraction of sp³-hybridized carbons (Fsp3) is 0.703. The molecular formula is C64H113N2O6P. The molecule has 3 unspecified atom stereocenters. The number of nitrogens with one attached hydrogen (secondary N) is 1. The van der Waals surface area contributed by atoms with Crippen molar-refractivity contribution < 1.29 is 32.9 Å². The molecule has 0 rings (SSSR count). The molecule has 0 spiro atoms. The Morgan fingerprint density at radius 3 is 1.27 bits per heavy atom. The summed E-state index contributed by atoms with van der Waals surface area (Å²) in [4.78, 5) is 25.5. The Bertz CT molecular complexity index is 1550. The zero-order valence-corrected chi connectivity index (χ0v) is 48.7. The van der Waals surface area contributed by atoms with Crippen molar-refractivity contribution in [2.45, 2.75) is 251 Å². The second kappa shape index (κ2) is 54.0. The number of rotatable bonds is 53. The summed E-state index contributed by atoms with van der Waals surface area (Å²) in [6.45, 7) is 4.50. The Morgan fingerprint density at radius 2 is 0.849 bits per heavy atom. The van der Waals surface area contributed by atoms with Crippen molar-refractivity contribution in [2.75, 3.05) is 40.9 Å². The number of phosphoric ester groups is 1. The highest BCUT2D eigenvalue weighted by Gasteiger charge is 2.23. The Balaban J connectivity index is 4.32. The van der Waals surface area contributed by atoms with Crippen LogP contribution in [-0.2, 0) is 18.4 Å². The molecule has 0 fully saturated rings. The van der Waals surface area contributed by atoms with Crippen molar-refractivity contribution in [1.29, 1.82) is 0 Å². The van der Waals surface area contributed by atoms with Crippen molar-refractivity contribution in [3.63, 3.8) is 0 Å². The van der Waals surface area contributed by atoms with Gasteiger partial charge in [-0.1, -0.05) is 245 Å². The van der Waals surface area contributed by atoms with Gasteiger partial charge in [-0.15, -0.1) is 0 Å². The molecule has 0 aliphatic heterocycles. The number of quaternary nitrogens is 1. The van der Waals surface area contributed by atoms with E-state index in [2.05, 4.69) is 116 Å². The van der Waals surface area contributed by atoms with Crippen molar-refractivity contribution >= 4 is 13.7 Å². The number of amides is 1. The van der Waals surface area contributed by atoms with E-state index in [1.54, 1.807) is 6.08 Å². The first-order chi connectivity index (χ1) is 35.5. The van der Waals surface area contributed by atoms with Crippen LogP contribution in [0.25, 0.3) is 0 Å². The Hall–Kier alpha value is -2.84. The molecule has 0 aromatic rings. The SMILES string of the molecule is CC/C=C\C/C=C\C/C=C\C/C=C\C/C=C\C/C=C\CCCCCCCCCCC(=O)NC(COP(=O)([O-])OCC[N+](C)(C)C)C(O)/C=C/CC/C=C/CC/C=C/CCCCCCCCCCCCCCCC. The number of hydrogen-bond donors (Lipinski definition) is 2. The van der Waals surface area contributed by atoms with Gasteiger partial charge in [-0.25, -0.2) is 0 Å². The van der Waals surface area contributed by atoms with Gasteiger partial charge in [-0.2, -0.15) is 0 Å². The first kappa shape index (κ1) is 70.2. The summed E-state index contributed by atoms with van der Waals surface area (Å²) in [5, 5.41) is 13.9.